The second kappa shape index (κ2) is 10.8. The highest BCUT2D eigenvalue weighted by molar-refractivity contribution is 5.88. The lowest BCUT2D eigenvalue weighted by atomic mass is 9.95. The molecule has 4 aromatic carbocycles. The monoisotopic (exact) mass is 500 g/mol. The minimum absolute atomic E-state index is 0.281. The largest absolute Gasteiger partial charge is 0.419 e. The number of benzene rings is 4. The molecule has 0 aliphatic carbocycles. The molecule has 0 spiro atoms. The SMILES string of the molecule is CCCCCCCc1ccc2cc(-c3cc(F)c(-c4ccc(C(F)(F)F)c(F)c4)c(F)c3)ccc2c1. The van der Waals surface area contributed by atoms with Crippen LogP contribution in [0.4, 0.5) is 26.3 Å². The zero-order valence-electron chi connectivity index (χ0n) is 19.9. The maximum absolute atomic E-state index is 14.9. The Balaban J connectivity index is 1.58. The number of rotatable bonds is 8. The van der Waals surface area contributed by atoms with Crippen LogP contribution in [0.15, 0.2) is 66.7 Å². The van der Waals surface area contributed by atoms with E-state index in [0.717, 1.165) is 41.8 Å². The average molecular weight is 501 g/mol. The van der Waals surface area contributed by atoms with Gasteiger partial charge in [-0.1, -0.05) is 69.0 Å². The average Bonchev–Trinajstić information content (AvgIpc) is 2.82. The molecule has 0 amide bonds. The van der Waals surface area contributed by atoms with E-state index < -0.39 is 34.8 Å². The first kappa shape index (κ1) is 25.8. The second-order valence-corrected chi connectivity index (χ2v) is 9.07. The molecule has 0 bridgehead atoms. The standard InChI is InChI=1S/C30H26F6/c1-2-3-4-5-6-7-19-8-9-21-15-22(11-10-20(21)14-19)24-17-27(32)29(28(33)18-24)23-12-13-25(26(31)16-23)30(34,35)36/h8-18H,2-7H2,1H3. The van der Waals surface area contributed by atoms with Gasteiger partial charge in [-0.3, -0.25) is 0 Å². The molecule has 0 atom stereocenters. The highest BCUT2D eigenvalue weighted by Gasteiger charge is 2.34. The van der Waals surface area contributed by atoms with E-state index in [1.54, 1.807) is 6.07 Å². The normalized spacial score (nSPS) is 11.9. The lowest BCUT2D eigenvalue weighted by Crippen LogP contribution is -2.08. The van der Waals surface area contributed by atoms with E-state index in [4.69, 9.17) is 0 Å². The predicted octanol–water partition coefficient (Wildman–Crippen LogP) is 10.1. The van der Waals surface area contributed by atoms with Crippen molar-refractivity contribution in [3.05, 3.63) is 95.3 Å². The first-order valence-electron chi connectivity index (χ1n) is 12.1. The molecule has 0 radical (unpaired) electrons. The lowest BCUT2D eigenvalue weighted by molar-refractivity contribution is -0.139. The van der Waals surface area contributed by atoms with Crippen LogP contribution in [-0.2, 0) is 12.6 Å². The number of halogens is 6. The third-order valence-corrected chi connectivity index (χ3v) is 6.41. The van der Waals surface area contributed by atoms with Gasteiger partial charge < -0.3 is 0 Å². The minimum Gasteiger partial charge on any atom is -0.206 e. The van der Waals surface area contributed by atoms with Crippen molar-refractivity contribution in [1.29, 1.82) is 0 Å². The fraction of sp³-hybridized carbons (Fsp3) is 0.267. The zero-order chi connectivity index (χ0) is 25.9. The highest BCUT2D eigenvalue weighted by atomic mass is 19.4. The van der Waals surface area contributed by atoms with E-state index >= 15 is 0 Å². The molecule has 36 heavy (non-hydrogen) atoms. The van der Waals surface area contributed by atoms with E-state index in [1.807, 2.05) is 18.2 Å². The highest BCUT2D eigenvalue weighted by Crippen LogP contribution is 2.36. The van der Waals surface area contributed by atoms with Gasteiger partial charge in [0.15, 0.2) is 0 Å². The molecule has 0 heterocycles. The van der Waals surface area contributed by atoms with Crippen LogP contribution in [0.5, 0.6) is 0 Å². The molecule has 0 aromatic heterocycles. The molecule has 0 saturated carbocycles. The molecule has 0 unspecified atom stereocenters. The third kappa shape index (κ3) is 5.75. The van der Waals surface area contributed by atoms with Gasteiger partial charge in [0.1, 0.15) is 17.5 Å². The summed E-state index contributed by atoms with van der Waals surface area (Å²) in [4.78, 5) is 0. The van der Waals surface area contributed by atoms with Crippen molar-refractivity contribution in [1.82, 2.24) is 0 Å². The Hall–Kier alpha value is -3.28. The Morgan fingerprint density at radius 3 is 1.86 bits per heavy atom. The molecular weight excluding hydrogens is 474 g/mol. The Labute approximate surface area is 206 Å². The van der Waals surface area contributed by atoms with Gasteiger partial charge in [0, 0.05) is 0 Å². The molecule has 4 rings (SSSR count). The van der Waals surface area contributed by atoms with Gasteiger partial charge in [-0.25, -0.2) is 13.2 Å². The molecule has 0 nitrogen and oxygen atoms in total. The maximum Gasteiger partial charge on any atom is 0.419 e. The molecule has 0 aliphatic heterocycles. The Morgan fingerprint density at radius 2 is 1.19 bits per heavy atom. The Morgan fingerprint density at radius 1 is 0.583 bits per heavy atom. The van der Waals surface area contributed by atoms with Crippen LogP contribution < -0.4 is 0 Å². The van der Waals surface area contributed by atoms with E-state index in [9.17, 15) is 26.3 Å². The molecule has 0 aliphatic rings. The number of hydrogen-bond donors (Lipinski definition) is 0. The quantitative estimate of drug-likeness (QED) is 0.167. The maximum atomic E-state index is 14.9. The van der Waals surface area contributed by atoms with Gasteiger partial charge in [0.2, 0.25) is 0 Å². The predicted molar refractivity (Wildman–Crippen MR) is 132 cm³/mol. The van der Waals surface area contributed by atoms with Crippen molar-refractivity contribution in [2.24, 2.45) is 0 Å². The Kier molecular flexibility index (Phi) is 7.72. The van der Waals surface area contributed by atoms with Crippen molar-refractivity contribution in [3.8, 4) is 22.3 Å². The summed E-state index contributed by atoms with van der Waals surface area (Å²) in [5.41, 5.74) is -0.240. The van der Waals surface area contributed by atoms with Crippen LogP contribution in [0, 0.1) is 17.5 Å². The third-order valence-electron chi connectivity index (χ3n) is 6.41. The summed E-state index contributed by atoms with van der Waals surface area (Å²) in [6.45, 7) is 2.19. The van der Waals surface area contributed by atoms with Crippen molar-refractivity contribution < 1.29 is 26.3 Å². The van der Waals surface area contributed by atoms with Gasteiger partial charge in [-0.15, -0.1) is 0 Å². The van der Waals surface area contributed by atoms with Crippen molar-refractivity contribution in [2.45, 2.75) is 51.6 Å². The van der Waals surface area contributed by atoms with Crippen molar-refractivity contribution in [3.63, 3.8) is 0 Å². The summed E-state index contributed by atoms with van der Waals surface area (Å²) in [7, 11) is 0. The molecule has 0 saturated heterocycles. The van der Waals surface area contributed by atoms with Gasteiger partial charge >= 0.3 is 6.18 Å². The van der Waals surface area contributed by atoms with Crippen LogP contribution in [0.2, 0.25) is 0 Å². The van der Waals surface area contributed by atoms with Gasteiger partial charge in [0.05, 0.1) is 11.1 Å². The molecular formula is C30H26F6. The summed E-state index contributed by atoms with van der Waals surface area (Å²) in [6.07, 6.45) is 2.16. The molecule has 6 heteroatoms. The molecule has 0 N–H and O–H groups in total. The van der Waals surface area contributed by atoms with E-state index in [1.165, 1.54) is 31.2 Å². The lowest BCUT2D eigenvalue weighted by Gasteiger charge is -2.12. The molecule has 188 valence electrons. The molecule has 4 aromatic rings. The number of fused-ring (bicyclic) bond motifs is 1. The number of hydrogen-bond acceptors (Lipinski definition) is 0. The van der Waals surface area contributed by atoms with Crippen molar-refractivity contribution >= 4 is 10.8 Å². The summed E-state index contributed by atoms with van der Waals surface area (Å²) < 4.78 is 82.3. The first-order valence-corrected chi connectivity index (χ1v) is 12.1. The number of alkyl halides is 3. The van der Waals surface area contributed by atoms with Gasteiger partial charge in [0.25, 0.3) is 0 Å². The van der Waals surface area contributed by atoms with E-state index in [0.29, 0.717) is 17.7 Å². The summed E-state index contributed by atoms with van der Waals surface area (Å²) >= 11 is 0. The first-order chi connectivity index (χ1) is 17.2. The van der Waals surface area contributed by atoms with E-state index in [-0.39, 0.29) is 11.1 Å². The van der Waals surface area contributed by atoms with Crippen molar-refractivity contribution in [2.75, 3.05) is 0 Å². The van der Waals surface area contributed by atoms with Crippen LogP contribution >= 0.6 is 0 Å². The van der Waals surface area contributed by atoms with Crippen LogP contribution in [-0.4, -0.2) is 0 Å². The van der Waals surface area contributed by atoms with E-state index in [2.05, 4.69) is 19.1 Å². The van der Waals surface area contributed by atoms with Gasteiger partial charge in [-0.2, -0.15) is 13.2 Å². The topological polar surface area (TPSA) is 0 Å². The van der Waals surface area contributed by atoms with Crippen LogP contribution in [0.1, 0.15) is 50.2 Å². The Bertz CT molecular complexity index is 1350. The summed E-state index contributed by atoms with van der Waals surface area (Å²) in [5.74, 6) is -3.55. The number of unbranched alkanes of at least 4 members (excludes halogenated alkanes) is 4. The molecule has 0 fully saturated rings. The number of aryl methyl sites for hydroxylation is 1. The summed E-state index contributed by atoms with van der Waals surface area (Å²) in [6, 6.07) is 15.8. The van der Waals surface area contributed by atoms with Crippen LogP contribution in [0.25, 0.3) is 33.0 Å². The fourth-order valence-corrected chi connectivity index (χ4v) is 4.48. The second-order valence-electron chi connectivity index (χ2n) is 9.07. The zero-order valence-corrected chi connectivity index (χ0v) is 19.9. The minimum atomic E-state index is -4.89. The smallest absolute Gasteiger partial charge is 0.206 e. The van der Waals surface area contributed by atoms with Gasteiger partial charge in [-0.05, 0) is 76.2 Å². The summed E-state index contributed by atoms with van der Waals surface area (Å²) in [5, 5.41) is 1.96. The fourth-order valence-electron chi connectivity index (χ4n) is 4.48. The van der Waals surface area contributed by atoms with Crippen LogP contribution in [0.3, 0.4) is 0 Å².